The maximum Gasteiger partial charge on any atom is 0.215 e. The molecule has 1 saturated heterocycles. The Hall–Kier alpha value is -2.84. The van der Waals surface area contributed by atoms with E-state index in [1.54, 1.807) is 24.7 Å². The molecule has 0 spiro atoms. The number of nitrogens with zero attached hydrogens (tertiary/aromatic N) is 4. The van der Waals surface area contributed by atoms with Crippen molar-refractivity contribution < 1.29 is 14.2 Å². The van der Waals surface area contributed by atoms with Crippen LogP contribution < -0.4 is 4.74 Å². The Balaban J connectivity index is 1.28. The van der Waals surface area contributed by atoms with Crippen molar-refractivity contribution >= 4 is 23.2 Å². The average molecular weight is 499 g/mol. The fourth-order valence-corrected chi connectivity index (χ4v) is 4.52. The summed E-state index contributed by atoms with van der Waals surface area (Å²) in [6.45, 7) is 4.06. The SMILES string of the molecule is CCn1cnc(-c2ccc(OCC3COC(Cn4ccnc4)(c4ccc(Cl)cc4Cl)O3)cc2)c1. The Morgan fingerprint density at radius 3 is 2.68 bits per heavy atom. The first-order valence-corrected chi connectivity index (χ1v) is 11.8. The number of benzene rings is 2. The van der Waals surface area contributed by atoms with E-state index >= 15 is 0 Å². The number of hydrogen-bond donors (Lipinski definition) is 0. The van der Waals surface area contributed by atoms with E-state index in [4.69, 9.17) is 37.4 Å². The predicted molar refractivity (Wildman–Crippen MR) is 130 cm³/mol. The number of aryl methyl sites for hydroxylation is 1. The summed E-state index contributed by atoms with van der Waals surface area (Å²) in [4.78, 5) is 8.57. The number of rotatable bonds is 8. The van der Waals surface area contributed by atoms with Crippen LogP contribution in [0.1, 0.15) is 12.5 Å². The molecule has 2 aromatic heterocycles. The molecule has 176 valence electrons. The molecule has 1 aliphatic rings. The second-order valence-electron chi connectivity index (χ2n) is 8.09. The number of aromatic nitrogens is 4. The van der Waals surface area contributed by atoms with Gasteiger partial charge >= 0.3 is 0 Å². The summed E-state index contributed by atoms with van der Waals surface area (Å²) in [7, 11) is 0. The summed E-state index contributed by atoms with van der Waals surface area (Å²) >= 11 is 12.6. The van der Waals surface area contributed by atoms with Crippen LogP contribution in [0.25, 0.3) is 11.3 Å². The van der Waals surface area contributed by atoms with Crippen LogP contribution in [0.15, 0.2) is 73.7 Å². The first-order chi connectivity index (χ1) is 16.5. The molecule has 1 fully saturated rings. The van der Waals surface area contributed by atoms with E-state index in [1.165, 1.54) is 0 Å². The molecule has 0 N–H and O–H groups in total. The van der Waals surface area contributed by atoms with E-state index < -0.39 is 5.79 Å². The van der Waals surface area contributed by atoms with Gasteiger partial charge in [-0.3, -0.25) is 0 Å². The van der Waals surface area contributed by atoms with Crippen LogP contribution in [0.2, 0.25) is 10.0 Å². The van der Waals surface area contributed by atoms with Crippen molar-refractivity contribution in [3.8, 4) is 17.0 Å². The Bertz CT molecular complexity index is 1240. The summed E-state index contributed by atoms with van der Waals surface area (Å²) in [6.07, 6.45) is 8.86. The lowest BCUT2D eigenvalue weighted by atomic mass is 10.1. The minimum absolute atomic E-state index is 0.282. The highest BCUT2D eigenvalue weighted by atomic mass is 35.5. The number of halogens is 2. The zero-order valence-corrected chi connectivity index (χ0v) is 20.1. The maximum absolute atomic E-state index is 6.53. The highest BCUT2D eigenvalue weighted by Gasteiger charge is 2.45. The Labute approximate surface area is 207 Å². The fraction of sp³-hybridized carbons (Fsp3) is 0.280. The lowest BCUT2D eigenvalue weighted by molar-refractivity contribution is -0.189. The monoisotopic (exact) mass is 498 g/mol. The van der Waals surface area contributed by atoms with Crippen LogP contribution in [0.4, 0.5) is 0 Å². The molecule has 7 nitrogen and oxygen atoms in total. The van der Waals surface area contributed by atoms with Gasteiger partial charge in [-0.15, -0.1) is 0 Å². The molecule has 0 bridgehead atoms. The highest BCUT2D eigenvalue weighted by Crippen LogP contribution is 2.40. The molecule has 0 amide bonds. The van der Waals surface area contributed by atoms with E-state index in [0.29, 0.717) is 35.4 Å². The molecule has 34 heavy (non-hydrogen) atoms. The van der Waals surface area contributed by atoms with Gasteiger partial charge < -0.3 is 23.3 Å². The average Bonchev–Trinajstić information content (AvgIpc) is 3.60. The molecular formula is C25H24Cl2N4O3. The predicted octanol–water partition coefficient (Wildman–Crippen LogP) is 5.42. The van der Waals surface area contributed by atoms with E-state index in [2.05, 4.69) is 16.9 Å². The molecule has 0 saturated carbocycles. The van der Waals surface area contributed by atoms with Crippen molar-refractivity contribution in [1.82, 2.24) is 19.1 Å². The fourth-order valence-electron chi connectivity index (χ4n) is 3.97. The third-order valence-corrected chi connectivity index (χ3v) is 6.28. The van der Waals surface area contributed by atoms with Gasteiger partial charge in [-0.05, 0) is 43.3 Å². The Kier molecular flexibility index (Phi) is 6.61. The van der Waals surface area contributed by atoms with Crippen molar-refractivity contribution in [1.29, 1.82) is 0 Å². The lowest BCUT2D eigenvalue weighted by Gasteiger charge is -2.30. The molecule has 2 atom stereocenters. The Morgan fingerprint density at radius 2 is 1.97 bits per heavy atom. The van der Waals surface area contributed by atoms with Gasteiger partial charge in [0.15, 0.2) is 0 Å². The van der Waals surface area contributed by atoms with Crippen LogP contribution in [0.3, 0.4) is 0 Å². The number of imidazole rings is 2. The van der Waals surface area contributed by atoms with Gasteiger partial charge in [0, 0.05) is 41.3 Å². The second-order valence-corrected chi connectivity index (χ2v) is 8.93. The van der Waals surface area contributed by atoms with Gasteiger partial charge in [0.1, 0.15) is 18.5 Å². The normalized spacial score (nSPS) is 20.0. The first kappa shape index (κ1) is 22.9. The van der Waals surface area contributed by atoms with Crippen LogP contribution >= 0.6 is 23.2 Å². The molecule has 9 heteroatoms. The largest absolute Gasteiger partial charge is 0.491 e. The third-order valence-electron chi connectivity index (χ3n) is 5.74. The minimum atomic E-state index is -1.07. The lowest BCUT2D eigenvalue weighted by Crippen LogP contribution is -2.34. The van der Waals surface area contributed by atoms with Crippen LogP contribution in [0.5, 0.6) is 5.75 Å². The van der Waals surface area contributed by atoms with E-state index in [1.807, 2.05) is 58.2 Å². The zero-order valence-electron chi connectivity index (χ0n) is 18.6. The van der Waals surface area contributed by atoms with Crippen LogP contribution in [-0.4, -0.2) is 38.4 Å². The summed E-state index contributed by atoms with van der Waals surface area (Å²) in [6, 6.07) is 13.2. The van der Waals surface area contributed by atoms with Crippen molar-refractivity contribution in [3.05, 3.63) is 89.3 Å². The van der Waals surface area contributed by atoms with Crippen molar-refractivity contribution in [3.63, 3.8) is 0 Å². The zero-order chi connectivity index (χ0) is 23.5. The third kappa shape index (κ3) is 4.83. The molecule has 2 unspecified atom stereocenters. The van der Waals surface area contributed by atoms with E-state index in [0.717, 1.165) is 23.6 Å². The molecular weight excluding hydrogens is 475 g/mol. The Morgan fingerprint density at radius 1 is 1.12 bits per heavy atom. The smallest absolute Gasteiger partial charge is 0.215 e. The van der Waals surface area contributed by atoms with Crippen molar-refractivity contribution in [2.24, 2.45) is 0 Å². The summed E-state index contributed by atoms with van der Waals surface area (Å²) in [5.74, 6) is -0.322. The molecule has 2 aromatic carbocycles. The van der Waals surface area contributed by atoms with Crippen LogP contribution in [0, 0.1) is 0 Å². The number of ether oxygens (including phenoxy) is 3. The van der Waals surface area contributed by atoms with Crippen LogP contribution in [-0.2, 0) is 28.4 Å². The molecule has 4 aromatic rings. The summed E-state index contributed by atoms with van der Waals surface area (Å²) < 4.78 is 22.6. The van der Waals surface area contributed by atoms with Gasteiger partial charge in [-0.2, -0.15) is 0 Å². The van der Waals surface area contributed by atoms with Gasteiger partial charge in [-0.1, -0.05) is 29.3 Å². The molecule has 0 aliphatic carbocycles. The molecule has 3 heterocycles. The molecule has 0 radical (unpaired) electrons. The quantitative estimate of drug-likeness (QED) is 0.324. The number of hydrogen-bond acceptors (Lipinski definition) is 5. The van der Waals surface area contributed by atoms with E-state index in [-0.39, 0.29) is 6.10 Å². The van der Waals surface area contributed by atoms with Gasteiger partial charge in [0.25, 0.3) is 0 Å². The summed E-state index contributed by atoms with van der Waals surface area (Å²) in [5.41, 5.74) is 2.69. The van der Waals surface area contributed by atoms with Gasteiger partial charge in [0.2, 0.25) is 5.79 Å². The first-order valence-electron chi connectivity index (χ1n) is 11.0. The molecule has 1 aliphatic heterocycles. The van der Waals surface area contributed by atoms with Crippen molar-refractivity contribution in [2.75, 3.05) is 13.2 Å². The maximum atomic E-state index is 6.53. The van der Waals surface area contributed by atoms with Crippen molar-refractivity contribution in [2.45, 2.75) is 31.9 Å². The molecule has 5 rings (SSSR count). The highest BCUT2D eigenvalue weighted by molar-refractivity contribution is 6.35. The van der Waals surface area contributed by atoms with E-state index in [9.17, 15) is 0 Å². The standard InChI is InChI=1S/C25H24Cl2N4O3/c1-2-30-12-24(29-17-30)18-3-6-20(7-4-18)32-13-21-14-33-25(34-21,15-31-10-9-28-16-31)22-8-5-19(26)11-23(22)27/h3-12,16-17,21H,2,13-15H2,1H3. The van der Waals surface area contributed by atoms with Gasteiger partial charge in [-0.25, -0.2) is 9.97 Å². The van der Waals surface area contributed by atoms with Gasteiger partial charge in [0.05, 0.1) is 36.5 Å². The topological polar surface area (TPSA) is 63.3 Å². The minimum Gasteiger partial charge on any atom is -0.491 e. The second kappa shape index (κ2) is 9.80. The summed E-state index contributed by atoms with van der Waals surface area (Å²) in [5, 5.41) is 1.03.